The van der Waals surface area contributed by atoms with Gasteiger partial charge in [0.15, 0.2) is 0 Å². The summed E-state index contributed by atoms with van der Waals surface area (Å²) in [6.07, 6.45) is 24.8. The molecule has 1 unspecified atom stereocenters. The fraction of sp³-hybridized carbons (Fsp3) is 0.767. The Morgan fingerprint density at radius 1 is 0.758 bits per heavy atom. The van der Waals surface area contributed by atoms with Gasteiger partial charge in [-0.15, -0.1) is 0 Å². The first-order valence-electron chi connectivity index (χ1n) is 14.3. The molecule has 1 atom stereocenters. The SMILES string of the molecule is CCCCCCCCCCCCCCCCCCC1CN(CCO)C(Cc2ccccc2)=N1. The van der Waals surface area contributed by atoms with Gasteiger partial charge in [0.1, 0.15) is 5.84 Å². The van der Waals surface area contributed by atoms with Gasteiger partial charge in [0.2, 0.25) is 0 Å². The van der Waals surface area contributed by atoms with Crippen LogP contribution in [0.1, 0.15) is 122 Å². The quantitative estimate of drug-likeness (QED) is 0.190. The molecule has 0 spiro atoms. The molecule has 3 nitrogen and oxygen atoms in total. The third kappa shape index (κ3) is 13.2. The minimum atomic E-state index is 0.208. The zero-order valence-corrected chi connectivity index (χ0v) is 21.7. The van der Waals surface area contributed by atoms with Crippen LogP contribution in [0.4, 0.5) is 0 Å². The van der Waals surface area contributed by atoms with Crippen molar-refractivity contribution in [1.82, 2.24) is 4.90 Å². The highest BCUT2D eigenvalue weighted by atomic mass is 16.3. The average Bonchev–Trinajstić information content (AvgIpc) is 3.20. The molecule has 3 heteroatoms. The summed E-state index contributed by atoms with van der Waals surface area (Å²) in [4.78, 5) is 7.32. The van der Waals surface area contributed by atoms with Crippen LogP contribution in [0.15, 0.2) is 35.3 Å². The van der Waals surface area contributed by atoms with E-state index in [9.17, 15) is 5.11 Å². The van der Waals surface area contributed by atoms with Crippen molar-refractivity contribution in [3.63, 3.8) is 0 Å². The lowest BCUT2D eigenvalue weighted by molar-refractivity contribution is 0.250. The summed E-state index contributed by atoms with van der Waals surface area (Å²) in [5.74, 6) is 1.16. The predicted molar refractivity (Wildman–Crippen MR) is 144 cm³/mol. The van der Waals surface area contributed by atoms with Gasteiger partial charge in [0.25, 0.3) is 0 Å². The normalized spacial score (nSPS) is 15.9. The molecule has 188 valence electrons. The van der Waals surface area contributed by atoms with E-state index in [-0.39, 0.29) is 6.61 Å². The van der Waals surface area contributed by atoms with Crippen LogP contribution in [0.2, 0.25) is 0 Å². The molecule has 1 aliphatic rings. The summed E-state index contributed by atoms with van der Waals surface area (Å²) in [6, 6.07) is 11.0. The number of aliphatic hydroxyl groups excluding tert-OH is 1. The van der Waals surface area contributed by atoms with Crippen LogP contribution in [-0.4, -0.2) is 41.6 Å². The molecule has 1 aromatic carbocycles. The molecule has 1 heterocycles. The maximum absolute atomic E-state index is 9.42. The molecule has 0 saturated heterocycles. The molecular weight excluding hydrogens is 404 g/mol. The van der Waals surface area contributed by atoms with Gasteiger partial charge < -0.3 is 10.0 Å². The van der Waals surface area contributed by atoms with Crippen molar-refractivity contribution in [3.8, 4) is 0 Å². The lowest BCUT2D eigenvalue weighted by Gasteiger charge is -2.20. The smallest absolute Gasteiger partial charge is 0.104 e. The molecule has 1 aromatic rings. The summed E-state index contributed by atoms with van der Waals surface area (Å²) < 4.78 is 0. The third-order valence-corrected chi connectivity index (χ3v) is 7.09. The van der Waals surface area contributed by atoms with Crippen molar-refractivity contribution in [2.24, 2.45) is 4.99 Å². The van der Waals surface area contributed by atoms with Gasteiger partial charge >= 0.3 is 0 Å². The fourth-order valence-electron chi connectivity index (χ4n) is 5.05. The lowest BCUT2D eigenvalue weighted by Crippen LogP contribution is -2.33. The Kier molecular flexibility index (Phi) is 16.1. The molecule has 0 saturated carbocycles. The number of hydrogen-bond acceptors (Lipinski definition) is 3. The predicted octanol–water partition coefficient (Wildman–Crippen LogP) is 7.96. The molecule has 2 rings (SSSR count). The Morgan fingerprint density at radius 2 is 1.27 bits per heavy atom. The Bertz CT molecular complexity index is 601. The molecule has 0 aliphatic carbocycles. The standard InChI is InChI=1S/C30H52N2O/c1-2-3-4-5-6-7-8-9-10-11-12-13-14-15-16-20-23-29-27-32(24-25-33)30(31-29)26-28-21-18-17-19-22-28/h17-19,21-22,29,33H,2-16,20,23-27H2,1H3. The van der Waals surface area contributed by atoms with E-state index in [2.05, 4.69) is 42.2 Å². The van der Waals surface area contributed by atoms with Crippen LogP contribution >= 0.6 is 0 Å². The molecular formula is C30H52N2O. The van der Waals surface area contributed by atoms with Crippen LogP contribution in [0.25, 0.3) is 0 Å². The number of hydrogen-bond donors (Lipinski definition) is 1. The van der Waals surface area contributed by atoms with Gasteiger partial charge in [0.05, 0.1) is 12.6 Å². The van der Waals surface area contributed by atoms with E-state index in [4.69, 9.17) is 4.99 Å². The summed E-state index contributed by atoms with van der Waals surface area (Å²) in [5.41, 5.74) is 1.31. The van der Waals surface area contributed by atoms with E-state index in [0.717, 1.165) is 18.8 Å². The number of rotatable bonds is 21. The molecule has 0 amide bonds. The second-order valence-electron chi connectivity index (χ2n) is 10.1. The molecule has 0 aromatic heterocycles. The first kappa shape index (κ1) is 27.9. The molecule has 1 N–H and O–H groups in total. The van der Waals surface area contributed by atoms with E-state index in [0.29, 0.717) is 12.6 Å². The second-order valence-corrected chi connectivity index (χ2v) is 10.1. The minimum absolute atomic E-state index is 0.208. The Balaban J connectivity index is 1.43. The van der Waals surface area contributed by atoms with Crippen molar-refractivity contribution >= 4 is 5.84 Å². The van der Waals surface area contributed by atoms with Gasteiger partial charge in [-0.25, -0.2) is 0 Å². The van der Waals surface area contributed by atoms with E-state index >= 15 is 0 Å². The average molecular weight is 457 g/mol. The first-order chi connectivity index (χ1) is 16.3. The Morgan fingerprint density at radius 3 is 1.79 bits per heavy atom. The Labute approximate surface area is 205 Å². The summed E-state index contributed by atoms with van der Waals surface area (Å²) in [5, 5.41) is 9.42. The molecule has 33 heavy (non-hydrogen) atoms. The highest BCUT2D eigenvalue weighted by Crippen LogP contribution is 2.19. The number of benzene rings is 1. The third-order valence-electron chi connectivity index (χ3n) is 7.09. The summed E-state index contributed by atoms with van der Waals surface area (Å²) >= 11 is 0. The van der Waals surface area contributed by atoms with Crippen molar-refractivity contribution in [1.29, 1.82) is 0 Å². The molecule has 0 radical (unpaired) electrons. The van der Waals surface area contributed by atoms with Crippen molar-refractivity contribution in [3.05, 3.63) is 35.9 Å². The lowest BCUT2D eigenvalue weighted by atomic mass is 10.0. The van der Waals surface area contributed by atoms with Crippen LogP contribution in [-0.2, 0) is 6.42 Å². The van der Waals surface area contributed by atoms with E-state index in [1.165, 1.54) is 115 Å². The first-order valence-corrected chi connectivity index (χ1v) is 14.3. The maximum atomic E-state index is 9.42. The van der Waals surface area contributed by atoms with Crippen molar-refractivity contribution in [2.75, 3.05) is 19.7 Å². The van der Waals surface area contributed by atoms with Crippen LogP contribution < -0.4 is 0 Å². The zero-order valence-electron chi connectivity index (χ0n) is 21.7. The summed E-state index contributed by atoms with van der Waals surface area (Å²) in [6.45, 7) is 4.20. The summed E-state index contributed by atoms with van der Waals surface area (Å²) in [7, 11) is 0. The number of β-amino-alcohol motifs (C(OH)–C–C–N with tert-alkyl or cyclic N) is 1. The van der Waals surface area contributed by atoms with Gasteiger partial charge in [-0.2, -0.15) is 0 Å². The van der Waals surface area contributed by atoms with E-state index in [1.807, 2.05) is 0 Å². The largest absolute Gasteiger partial charge is 0.395 e. The molecule has 0 fully saturated rings. The number of aliphatic hydroxyl groups is 1. The minimum Gasteiger partial charge on any atom is -0.395 e. The van der Waals surface area contributed by atoms with Crippen molar-refractivity contribution in [2.45, 2.75) is 129 Å². The highest BCUT2D eigenvalue weighted by molar-refractivity contribution is 5.86. The number of amidine groups is 1. The van der Waals surface area contributed by atoms with Gasteiger partial charge in [-0.3, -0.25) is 4.99 Å². The monoisotopic (exact) mass is 456 g/mol. The van der Waals surface area contributed by atoms with E-state index < -0.39 is 0 Å². The van der Waals surface area contributed by atoms with E-state index in [1.54, 1.807) is 0 Å². The molecule has 0 bridgehead atoms. The van der Waals surface area contributed by atoms with Gasteiger partial charge in [0, 0.05) is 19.5 Å². The van der Waals surface area contributed by atoms with Gasteiger partial charge in [-0.1, -0.05) is 140 Å². The fourth-order valence-corrected chi connectivity index (χ4v) is 5.05. The second kappa shape index (κ2) is 19.0. The van der Waals surface area contributed by atoms with Crippen LogP contribution in [0.3, 0.4) is 0 Å². The van der Waals surface area contributed by atoms with Crippen LogP contribution in [0.5, 0.6) is 0 Å². The topological polar surface area (TPSA) is 35.8 Å². The molecule has 1 aliphatic heterocycles. The highest BCUT2D eigenvalue weighted by Gasteiger charge is 2.24. The van der Waals surface area contributed by atoms with Gasteiger partial charge in [-0.05, 0) is 12.0 Å². The van der Waals surface area contributed by atoms with Crippen molar-refractivity contribution < 1.29 is 5.11 Å². The number of aliphatic imine (C=N–C) groups is 1. The Hall–Kier alpha value is -1.35. The maximum Gasteiger partial charge on any atom is 0.104 e. The zero-order chi connectivity index (χ0) is 23.4. The van der Waals surface area contributed by atoms with Crippen LogP contribution in [0, 0.1) is 0 Å². The number of nitrogens with zero attached hydrogens (tertiary/aromatic N) is 2. The number of unbranched alkanes of at least 4 members (excludes halogenated alkanes) is 15.